The fourth-order valence-corrected chi connectivity index (χ4v) is 3.58. The molecule has 2 heterocycles. The van der Waals surface area contributed by atoms with Gasteiger partial charge in [0.05, 0.1) is 16.1 Å². The number of hydrogen-bond acceptors (Lipinski definition) is 4. The van der Waals surface area contributed by atoms with E-state index in [0.29, 0.717) is 16.9 Å². The third-order valence-electron chi connectivity index (χ3n) is 4.24. The van der Waals surface area contributed by atoms with Crippen LogP contribution in [0, 0.1) is 0 Å². The van der Waals surface area contributed by atoms with E-state index in [0.717, 1.165) is 23.4 Å². The summed E-state index contributed by atoms with van der Waals surface area (Å²) in [7, 11) is 1.83. The summed E-state index contributed by atoms with van der Waals surface area (Å²) in [5.74, 6) is -0.235. The number of nitrogens with zero attached hydrogens (tertiary/aromatic N) is 2. The van der Waals surface area contributed by atoms with Gasteiger partial charge in [0.15, 0.2) is 0 Å². The number of nitrogens with two attached hydrogens (primary N) is 1. The highest BCUT2D eigenvalue weighted by atomic mass is 32.1. The van der Waals surface area contributed by atoms with E-state index in [1.54, 1.807) is 16.9 Å². The maximum absolute atomic E-state index is 12.6. The standard InChI is InChI=1S/C19H19F3N4OS/c1-26-16(6-7-25-26)13-9-17(28-11-13)18(27)24-10-15(23)8-12-2-4-14(5-3-12)19(20,21)22/h2-7,9,11,15H,8,10,23H2,1H3,(H,24,27). The predicted molar refractivity (Wildman–Crippen MR) is 102 cm³/mol. The van der Waals surface area contributed by atoms with Gasteiger partial charge in [0, 0.05) is 36.8 Å². The summed E-state index contributed by atoms with van der Waals surface area (Å²) in [5, 5.41) is 8.76. The van der Waals surface area contributed by atoms with Gasteiger partial charge in [-0.2, -0.15) is 18.3 Å². The molecule has 3 N–H and O–H groups in total. The van der Waals surface area contributed by atoms with Gasteiger partial charge in [0.2, 0.25) is 0 Å². The van der Waals surface area contributed by atoms with Crippen molar-refractivity contribution in [2.24, 2.45) is 12.8 Å². The van der Waals surface area contributed by atoms with E-state index in [1.165, 1.54) is 23.5 Å². The van der Waals surface area contributed by atoms with Gasteiger partial charge in [-0.05, 0) is 36.2 Å². The molecule has 148 valence electrons. The van der Waals surface area contributed by atoms with Crippen molar-refractivity contribution in [3.8, 4) is 11.3 Å². The molecule has 1 unspecified atom stereocenters. The number of carbonyl (C=O) groups excluding carboxylic acids is 1. The van der Waals surface area contributed by atoms with Gasteiger partial charge >= 0.3 is 6.18 Å². The normalized spacial score (nSPS) is 12.8. The van der Waals surface area contributed by atoms with Gasteiger partial charge in [-0.25, -0.2) is 0 Å². The minimum atomic E-state index is -4.36. The third kappa shape index (κ3) is 4.79. The monoisotopic (exact) mass is 408 g/mol. The molecule has 0 radical (unpaired) electrons. The molecule has 9 heteroatoms. The molecule has 0 spiro atoms. The molecule has 1 atom stereocenters. The van der Waals surface area contributed by atoms with Crippen molar-refractivity contribution in [2.45, 2.75) is 18.6 Å². The molecule has 1 amide bonds. The predicted octanol–water partition coefficient (Wildman–Crippen LogP) is 3.47. The van der Waals surface area contributed by atoms with Crippen molar-refractivity contribution in [2.75, 3.05) is 6.54 Å². The number of thiophene rings is 1. The van der Waals surface area contributed by atoms with Crippen molar-refractivity contribution < 1.29 is 18.0 Å². The van der Waals surface area contributed by atoms with Crippen LogP contribution in [0.2, 0.25) is 0 Å². The van der Waals surface area contributed by atoms with Crippen LogP contribution in [-0.2, 0) is 19.6 Å². The lowest BCUT2D eigenvalue weighted by atomic mass is 10.0. The second-order valence-corrected chi connectivity index (χ2v) is 7.32. The summed E-state index contributed by atoms with van der Waals surface area (Å²) in [5.41, 5.74) is 7.82. The largest absolute Gasteiger partial charge is 0.416 e. The molecule has 3 aromatic rings. The zero-order valence-electron chi connectivity index (χ0n) is 15.0. The fraction of sp³-hybridized carbons (Fsp3) is 0.263. The number of nitrogens with one attached hydrogen (secondary N) is 1. The van der Waals surface area contributed by atoms with Crippen molar-refractivity contribution in [3.63, 3.8) is 0 Å². The van der Waals surface area contributed by atoms with Crippen molar-refractivity contribution in [3.05, 3.63) is 64.0 Å². The summed E-state index contributed by atoms with van der Waals surface area (Å²) < 4.78 is 39.5. The number of aryl methyl sites for hydroxylation is 1. The first-order valence-electron chi connectivity index (χ1n) is 8.51. The van der Waals surface area contributed by atoms with Crippen LogP contribution in [0.3, 0.4) is 0 Å². The highest BCUT2D eigenvalue weighted by Crippen LogP contribution is 2.29. The summed E-state index contributed by atoms with van der Waals surface area (Å²) >= 11 is 1.32. The van der Waals surface area contributed by atoms with Gasteiger partial charge < -0.3 is 11.1 Å². The van der Waals surface area contributed by atoms with Crippen molar-refractivity contribution >= 4 is 17.2 Å². The van der Waals surface area contributed by atoms with E-state index in [9.17, 15) is 18.0 Å². The molecule has 0 saturated heterocycles. The maximum Gasteiger partial charge on any atom is 0.416 e. The molecule has 0 aliphatic rings. The Labute approximate surface area is 164 Å². The second-order valence-electron chi connectivity index (χ2n) is 6.41. The molecular formula is C19H19F3N4OS. The van der Waals surface area contributed by atoms with E-state index < -0.39 is 17.8 Å². The Morgan fingerprint density at radius 3 is 2.61 bits per heavy atom. The Bertz CT molecular complexity index is 947. The summed E-state index contributed by atoms with van der Waals surface area (Å²) in [4.78, 5) is 12.9. The Balaban J connectivity index is 1.53. The third-order valence-corrected chi connectivity index (χ3v) is 5.17. The Morgan fingerprint density at radius 1 is 1.29 bits per heavy atom. The van der Waals surface area contributed by atoms with E-state index >= 15 is 0 Å². The highest BCUT2D eigenvalue weighted by Gasteiger charge is 2.29. The van der Waals surface area contributed by atoms with Crippen LogP contribution >= 0.6 is 11.3 Å². The quantitative estimate of drug-likeness (QED) is 0.656. The zero-order chi connectivity index (χ0) is 20.3. The van der Waals surface area contributed by atoms with Crippen LogP contribution < -0.4 is 11.1 Å². The summed E-state index contributed by atoms with van der Waals surface area (Å²) in [6.45, 7) is 0.221. The van der Waals surface area contributed by atoms with Gasteiger partial charge in [0.1, 0.15) is 0 Å². The molecule has 28 heavy (non-hydrogen) atoms. The topological polar surface area (TPSA) is 72.9 Å². The molecule has 5 nitrogen and oxygen atoms in total. The smallest absolute Gasteiger partial charge is 0.350 e. The van der Waals surface area contributed by atoms with Gasteiger partial charge in [-0.3, -0.25) is 9.48 Å². The van der Waals surface area contributed by atoms with Crippen LogP contribution in [0.1, 0.15) is 20.8 Å². The molecule has 2 aromatic heterocycles. The van der Waals surface area contributed by atoms with E-state index in [4.69, 9.17) is 5.73 Å². The van der Waals surface area contributed by atoms with E-state index in [2.05, 4.69) is 10.4 Å². The van der Waals surface area contributed by atoms with Gasteiger partial charge in [-0.1, -0.05) is 12.1 Å². The SMILES string of the molecule is Cn1nccc1-c1csc(C(=O)NCC(N)Cc2ccc(C(F)(F)F)cc2)c1. The fourth-order valence-electron chi connectivity index (χ4n) is 2.76. The first-order valence-corrected chi connectivity index (χ1v) is 9.39. The summed E-state index contributed by atoms with van der Waals surface area (Å²) in [6.07, 6.45) is -2.31. The Kier molecular flexibility index (Phi) is 5.85. The average molecular weight is 408 g/mol. The van der Waals surface area contributed by atoms with Crippen LogP contribution in [0.15, 0.2) is 48.0 Å². The van der Waals surface area contributed by atoms with Gasteiger partial charge in [0.25, 0.3) is 5.91 Å². The average Bonchev–Trinajstić information content (AvgIpc) is 3.28. The maximum atomic E-state index is 12.6. The zero-order valence-corrected chi connectivity index (χ0v) is 15.8. The first kappa shape index (κ1) is 20.1. The number of halogens is 3. The molecule has 3 rings (SSSR count). The molecule has 0 bridgehead atoms. The number of hydrogen-bond donors (Lipinski definition) is 2. The Hall–Kier alpha value is -2.65. The van der Waals surface area contributed by atoms with Crippen molar-refractivity contribution in [1.82, 2.24) is 15.1 Å². The van der Waals surface area contributed by atoms with E-state index in [1.807, 2.05) is 18.5 Å². The number of rotatable bonds is 6. The number of benzene rings is 1. The minimum Gasteiger partial charge on any atom is -0.350 e. The first-order chi connectivity index (χ1) is 13.2. The van der Waals surface area contributed by atoms with Crippen LogP contribution in [0.4, 0.5) is 13.2 Å². The molecular weight excluding hydrogens is 389 g/mol. The second kappa shape index (κ2) is 8.15. The minimum absolute atomic E-state index is 0.221. The van der Waals surface area contributed by atoms with E-state index in [-0.39, 0.29) is 12.5 Å². The lowest BCUT2D eigenvalue weighted by Gasteiger charge is -2.13. The number of carbonyl (C=O) groups is 1. The molecule has 0 aliphatic heterocycles. The number of aromatic nitrogens is 2. The Morgan fingerprint density at radius 2 is 2.00 bits per heavy atom. The number of alkyl halides is 3. The van der Waals surface area contributed by atoms with Crippen LogP contribution in [-0.4, -0.2) is 28.3 Å². The molecule has 1 aromatic carbocycles. The molecule has 0 aliphatic carbocycles. The molecule has 0 saturated carbocycles. The van der Waals surface area contributed by atoms with Gasteiger partial charge in [-0.15, -0.1) is 11.3 Å². The highest BCUT2D eigenvalue weighted by molar-refractivity contribution is 7.12. The van der Waals surface area contributed by atoms with Crippen LogP contribution in [0.25, 0.3) is 11.3 Å². The lowest BCUT2D eigenvalue weighted by molar-refractivity contribution is -0.137. The van der Waals surface area contributed by atoms with Crippen molar-refractivity contribution in [1.29, 1.82) is 0 Å². The van der Waals surface area contributed by atoms with Crippen LogP contribution in [0.5, 0.6) is 0 Å². The molecule has 0 fully saturated rings. The lowest BCUT2D eigenvalue weighted by Crippen LogP contribution is -2.38. The summed E-state index contributed by atoms with van der Waals surface area (Å²) in [6, 6.07) is 8.13. The number of amides is 1.